The van der Waals surface area contributed by atoms with Gasteiger partial charge in [-0.25, -0.2) is 0 Å². The van der Waals surface area contributed by atoms with Gasteiger partial charge in [0.05, 0.1) is 6.10 Å². The van der Waals surface area contributed by atoms with Gasteiger partial charge in [-0.05, 0) is 56.9 Å². The molecule has 3 rings (SSSR count). The van der Waals surface area contributed by atoms with E-state index in [1.807, 2.05) is 0 Å². The smallest absolute Gasteiger partial charge is 0.0807 e. The van der Waals surface area contributed by atoms with E-state index in [-0.39, 0.29) is 6.10 Å². The molecular formula is C16H25NO. The average molecular weight is 247 g/mol. The van der Waals surface area contributed by atoms with Gasteiger partial charge in [0.1, 0.15) is 0 Å². The summed E-state index contributed by atoms with van der Waals surface area (Å²) in [6.07, 6.45) is 8.48. The molecule has 1 fully saturated rings. The lowest BCUT2D eigenvalue weighted by atomic mass is 9.94. The number of fused-ring (bicyclic) bond motifs is 1. The second kappa shape index (κ2) is 4.41. The summed E-state index contributed by atoms with van der Waals surface area (Å²) in [6, 6.07) is 2.22. The van der Waals surface area contributed by atoms with Crippen LogP contribution in [0.1, 0.15) is 68.5 Å². The molecule has 0 spiro atoms. The first-order valence-corrected chi connectivity index (χ1v) is 7.52. The summed E-state index contributed by atoms with van der Waals surface area (Å²) >= 11 is 0. The quantitative estimate of drug-likeness (QED) is 0.861. The molecule has 1 saturated carbocycles. The molecule has 100 valence electrons. The molecule has 0 amide bonds. The molecule has 0 aromatic carbocycles. The number of aliphatic hydroxyl groups excluding tert-OH is 1. The van der Waals surface area contributed by atoms with Crippen molar-refractivity contribution in [3.63, 3.8) is 0 Å². The third-order valence-electron chi connectivity index (χ3n) is 4.93. The zero-order valence-corrected chi connectivity index (χ0v) is 11.7. The molecule has 0 radical (unpaired) electrons. The van der Waals surface area contributed by atoms with Crippen molar-refractivity contribution in [1.82, 2.24) is 4.57 Å². The van der Waals surface area contributed by atoms with E-state index >= 15 is 0 Å². The summed E-state index contributed by atoms with van der Waals surface area (Å²) in [7, 11) is 0. The van der Waals surface area contributed by atoms with E-state index in [0.717, 1.165) is 19.3 Å². The summed E-state index contributed by atoms with van der Waals surface area (Å²) in [4.78, 5) is 0. The van der Waals surface area contributed by atoms with Gasteiger partial charge in [0, 0.05) is 23.5 Å². The van der Waals surface area contributed by atoms with Gasteiger partial charge in [0.15, 0.2) is 0 Å². The van der Waals surface area contributed by atoms with Crippen molar-refractivity contribution in [2.75, 3.05) is 0 Å². The van der Waals surface area contributed by atoms with Crippen LogP contribution >= 0.6 is 0 Å². The Labute approximate surface area is 110 Å². The van der Waals surface area contributed by atoms with Gasteiger partial charge in [0.25, 0.3) is 0 Å². The van der Waals surface area contributed by atoms with E-state index in [4.69, 9.17) is 0 Å². The second-order valence-electron chi connectivity index (χ2n) is 6.43. The first-order valence-electron chi connectivity index (χ1n) is 7.52. The van der Waals surface area contributed by atoms with Crippen LogP contribution in [0.25, 0.3) is 0 Å². The Kier molecular flexibility index (Phi) is 3.01. The Balaban J connectivity index is 1.88. The number of rotatable bonds is 4. The molecule has 2 aliphatic rings. The molecule has 0 bridgehead atoms. The molecule has 1 heterocycles. The van der Waals surface area contributed by atoms with Crippen molar-refractivity contribution >= 4 is 0 Å². The Bertz CT molecular complexity index is 442. The fourth-order valence-corrected chi connectivity index (χ4v) is 3.69. The van der Waals surface area contributed by atoms with E-state index < -0.39 is 0 Å². The van der Waals surface area contributed by atoms with E-state index in [1.165, 1.54) is 49.2 Å². The van der Waals surface area contributed by atoms with Crippen LogP contribution in [-0.4, -0.2) is 9.67 Å². The molecule has 1 aromatic rings. The van der Waals surface area contributed by atoms with Crippen molar-refractivity contribution in [1.29, 1.82) is 0 Å². The number of aryl methyl sites for hydroxylation is 1. The van der Waals surface area contributed by atoms with Crippen molar-refractivity contribution < 1.29 is 5.11 Å². The van der Waals surface area contributed by atoms with Gasteiger partial charge in [-0.3, -0.25) is 0 Å². The lowest BCUT2D eigenvalue weighted by Crippen LogP contribution is -2.18. The summed E-state index contributed by atoms with van der Waals surface area (Å²) in [6.45, 7) is 5.68. The zero-order valence-electron chi connectivity index (χ0n) is 11.7. The summed E-state index contributed by atoms with van der Waals surface area (Å²) in [5.74, 6) is 0. The van der Waals surface area contributed by atoms with Gasteiger partial charge in [-0.2, -0.15) is 0 Å². The maximum Gasteiger partial charge on any atom is 0.0807 e. The van der Waals surface area contributed by atoms with Crippen LogP contribution in [0.3, 0.4) is 0 Å². The highest BCUT2D eigenvalue weighted by Gasteiger charge is 2.42. The molecule has 1 N–H and O–H groups in total. The van der Waals surface area contributed by atoms with Gasteiger partial charge < -0.3 is 9.67 Å². The second-order valence-corrected chi connectivity index (χ2v) is 6.43. The van der Waals surface area contributed by atoms with Crippen molar-refractivity contribution in [2.24, 2.45) is 5.41 Å². The molecule has 1 aromatic heterocycles. The highest BCUT2D eigenvalue weighted by atomic mass is 16.3. The van der Waals surface area contributed by atoms with Gasteiger partial charge >= 0.3 is 0 Å². The third-order valence-corrected chi connectivity index (χ3v) is 4.93. The molecule has 18 heavy (non-hydrogen) atoms. The molecule has 0 aliphatic heterocycles. The minimum Gasteiger partial charge on any atom is -0.388 e. The molecule has 2 aliphatic carbocycles. The highest BCUT2D eigenvalue weighted by Crippen LogP contribution is 2.51. The van der Waals surface area contributed by atoms with E-state index in [1.54, 1.807) is 0 Å². The van der Waals surface area contributed by atoms with Crippen LogP contribution in [0, 0.1) is 12.3 Å². The normalized spacial score (nSPS) is 24.9. The third kappa shape index (κ3) is 2.01. The Morgan fingerprint density at radius 3 is 2.89 bits per heavy atom. The van der Waals surface area contributed by atoms with Crippen LogP contribution < -0.4 is 0 Å². The standard InChI is InChI=1S/C16H25NO/c1-3-7-16(8-9-16)11-17-12(2)10-13-14(17)5-4-6-15(13)18/h10,15,18H,3-9,11H2,1-2H3. The van der Waals surface area contributed by atoms with E-state index in [9.17, 15) is 5.11 Å². The summed E-state index contributed by atoms with van der Waals surface area (Å²) in [5, 5.41) is 10.1. The molecule has 2 nitrogen and oxygen atoms in total. The molecule has 2 heteroatoms. The molecule has 1 unspecified atom stereocenters. The number of aromatic nitrogens is 1. The minimum absolute atomic E-state index is 0.213. The van der Waals surface area contributed by atoms with E-state index in [0.29, 0.717) is 5.41 Å². The van der Waals surface area contributed by atoms with Gasteiger partial charge in [0.2, 0.25) is 0 Å². The lowest BCUT2D eigenvalue weighted by molar-refractivity contribution is 0.155. The summed E-state index contributed by atoms with van der Waals surface area (Å²) < 4.78 is 2.51. The molecule has 1 atom stereocenters. The van der Waals surface area contributed by atoms with E-state index in [2.05, 4.69) is 24.5 Å². The van der Waals surface area contributed by atoms with Crippen LogP contribution in [0.15, 0.2) is 6.07 Å². The fourth-order valence-electron chi connectivity index (χ4n) is 3.69. The highest BCUT2D eigenvalue weighted by molar-refractivity contribution is 5.32. The number of hydrogen-bond donors (Lipinski definition) is 1. The lowest BCUT2D eigenvalue weighted by Gasteiger charge is -2.23. The first kappa shape index (κ1) is 12.3. The number of hydrogen-bond acceptors (Lipinski definition) is 1. The maximum absolute atomic E-state index is 10.1. The Morgan fingerprint density at radius 1 is 1.44 bits per heavy atom. The monoisotopic (exact) mass is 247 g/mol. The molecular weight excluding hydrogens is 222 g/mol. The zero-order chi connectivity index (χ0) is 12.8. The van der Waals surface area contributed by atoms with Crippen molar-refractivity contribution in [3.05, 3.63) is 23.0 Å². The molecule has 0 saturated heterocycles. The average Bonchev–Trinajstić information content (AvgIpc) is 3.02. The topological polar surface area (TPSA) is 25.2 Å². The Morgan fingerprint density at radius 2 is 2.22 bits per heavy atom. The van der Waals surface area contributed by atoms with Crippen LogP contribution in [0.2, 0.25) is 0 Å². The number of aliphatic hydroxyl groups is 1. The fraction of sp³-hybridized carbons (Fsp3) is 0.750. The largest absolute Gasteiger partial charge is 0.388 e. The predicted molar refractivity (Wildman–Crippen MR) is 73.6 cm³/mol. The SMILES string of the molecule is CCCC1(Cn2c(C)cc3c2CCCC3O)CC1. The first-order chi connectivity index (χ1) is 8.65. The number of nitrogens with zero attached hydrogens (tertiary/aromatic N) is 1. The Hall–Kier alpha value is -0.760. The minimum atomic E-state index is -0.213. The van der Waals surface area contributed by atoms with Gasteiger partial charge in [-0.15, -0.1) is 0 Å². The maximum atomic E-state index is 10.1. The van der Waals surface area contributed by atoms with Gasteiger partial charge in [-0.1, -0.05) is 13.3 Å². The predicted octanol–water partition coefficient (Wildman–Crippen LogP) is 3.75. The summed E-state index contributed by atoms with van der Waals surface area (Å²) in [5.41, 5.74) is 4.58. The van der Waals surface area contributed by atoms with Crippen molar-refractivity contribution in [2.45, 2.75) is 71.4 Å². The van der Waals surface area contributed by atoms with Crippen LogP contribution in [0.5, 0.6) is 0 Å². The van der Waals surface area contributed by atoms with Crippen molar-refractivity contribution in [3.8, 4) is 0 Å². The van der Waals surface area contributed by atoms with Crippen LogP contribution in [-0.2, 0) is 13.0 Å². The van der Waals surface area contributed by atoms with Crippen LogP contribution in [0.4, 0.5) is 0 Å².